The molecule has 0 spiro atoms. The largest absolute Gasteiger partial charge is 0.458 e. The van der Waals surface area contributed by atoms with E-state index in [-0.39, 0.29) is 5.97 Å². The molecule has 0 aromatic heterocycles. The quantitative estimate of drug-likeness (QED) is 0.389. The summed E-state index contributed by atoms with van der Waals surface area (Å²) in [4.78, 5) is 18.1. The lowest BCUT2D eigenvalue weighted by Crippen LogP contribution is -2.33. The normalized spacial score (nSPS) is 12.1. The lowest BCUT2D eigenvalue weighted by molar-refractivity contribution is -0.156. The molecule has 0 radical (unpaired) electrons. The number of esters is 1. The monoisotopic (exact) mass is 399 g/mol. The summed E-state index contributed by atoms with van der Waals surface area (Å²) in [6.07, 6.45) is 0.484. The van der Waals surface area contributed by atoms with Crippen molar-refractivity contribution in [2.45, 2.75) is 45.8 Å². The summed E-state index contributed by atoms with van der Waals surface area (Å²) in [5.74, 6) is -0.313. The Labute approximate surface area is 179 Å². The fourth-order valence-corrected chi connectivity index (χ4v) is 3.16. The van der Waals surface area contributed by atoms with Crippen molar-refractivity contribution in [2.75, 3.05) is 0 Å². The van der Waals surface area contributed by atoms with Gasteiger partial charge in [-0.1, -0.05) is 90.5 Å². The highest BCUT2D eigenvalue weighted by Gasteiger charge is 2.26. The van der Waals surface area contributed by atoms with Gasteiger partial charge in [0.1, 0.15) is 5.60 Å². The molecular formula is C27H29NO2. The minimum atomic E-state index is -0.637. The van der Waals surface area contributed by atoms with Crippen LogP contribution >= 0.6 is 0 Å². The molecule has 3 heteroatoms. The summed E-state index contributed by atoms with van der Waals surface area (Å²) in [7, 11) is 0. The second-order valence-corrected chi connectivity index (χ2v) is 8.45. The molecule has 30 heavy (non-hydrogen) atoms. The lowest BCUT2D eigenvalue weighted by atomic mass is 10.00. The molecule has 0 amide bonds. The molecule has 0 aliphatic rings. The fraction of sp³-hybridized carbons (Fsp3) is 0.259. The number of rotatable bonds is 6. The number of ether oxygens (including phenoxy) is 1. The number of hydrogen-bond donors (Lipinski definition) is 0. The number of benzene rings is 3. The number of carbonyl (C=O) groups is 1. The number of aliphatic imine (C=N–C) groups is 1. The van der Waals surface area contributed by atoms with E-state index in [1.807, 2.05) is 93.6 Å². The first-order valence-corrected chi connectivity index (χ1v) is 10.3. The van der Waals surface area contributed by atoms with Gasteiger partial charge in [-0.3, -0.25) is 4.99 Å². The maximum atomic E-state index is 13.1. The van der Waals surface area contributed by atoms with Crippen molar-refractivity contribution < 1.29 is 9.53 Å². The van der Waals surface area contributed by atoms with Gasteiger partial charge in [0, 0.05) is 17.5 Å². The highest BCUT2D eigenvalue weighted by Crippen LogP contribution is 2.18. The third-order valence-electron chi connectivity index (χ3n) is 4.61. The Hall–Kier alpha value is -3.20. The summed E-state index contributed by atoms with van der Waals surface area (Å²) in [6.45, 7) is 7.70. The number of hydrogen-bond acceptors (Lipinski definition) is 3. The Morgan fingerprint density at radius 2 is 1.33 bits per heavy atom. The molecule has 3 nitrogen and oxygen atoms in total. The predicted molar refractivity (Wildman–Crippen MR) is 123 cm³/mol. The van der Waals surface area contributed by atoms with E-state index >= 15 is 0 Å². The Morgan fingerprint density at radius 1 is 0.833 bits per heavy atom. The first-order chi connectivity index (χ1) is 14.3. The molecule has 3 aromatic rings. The molecule has 0 N–H and O–H groups in total. The summed E-state index contributed by atoms with van der Waals surface area (Å²) < 4.78 is 5.72. The molecule has 1 atom stereocenters. The van der Waals surface area contributed by atoms with E-state index in [0.717, 1.165) is 22.4 Å². The first kappa shape index (κ1) is 21.5. The van der Waals surface area contributed by atoms with E-state index in [2.05, 4.69) is 19.1 Å². The summed E-state index contributed by atoms with van der Waals surface area (Å²) >= 11 is 0. The molecule has 0 aliphatic carbocycles. The summed E-state index contributed by atoms with van der Waals surface area (Å²) in [5, 5.41) is 0. The van der Waals surface area contributed by atoms with Crippen molar-refractivity contribution in [3.05, 3.63) is 107 Å². The fourth-order valence-electron chi connectivity index (χ4n) is 3.16. The maximum Gasteiger partial charge on any atom is 0.331 e. The molecule has 3 aromatic carbocycles. The van der Waals surface area contributed by atoms with Gasteiger partial charge in [0.15, 0.2) is 6.04 Å². The van der Waals surface area contributed by atoms with Crippen molar-refractivity contribution in [1.82, 2.24) is 0 Å². The Morgan fingerprint density at radius 3 is 1.80 bits per heavy atom. The molecule has 0 heterocycles. The van der Waals surface area contributed by atoms with Crippen LogP contribution in [-0.2, 0) is 16.0 Å². The van der Waals surface area contributed by atoms with Crippen molar-refractivity contribution in [3.63, 3.8) is 0 Å². The molecule has 0 fully saturated rings. The Bertz CT molecular complexity index is 943. The third kappa shape index (κ3) is 6.15. The minimum absolute atomic E-state index is 0.313. The van der Waals surface area contributed by atoms with Crippen molar-refractivity contribution >= 4 is 11.7 Å². The van der Waals surface area contributed by atoms with E-state index in [1.54, 1.807) is 0 Å². The van der Waals surface area contributed by atoms with Crippen molar-refractivity contribution in [2.24, 2.45) is 4.99 Å². The highest BCUT2D eigenvalue weighted by atomic mass is 16.6. The van der Waals surface area contributed by atoms with E-state index in [1.165, 1.54) is 5.56 Å². The molecule has 0 bridgehead atoms. The number of carbonyl (C=O) groups excluding carboxylic acids is 1. The predicted octanol–water partition coefficient (Wildman–Crippen LogP) is 5.79. The van der Waals surface area contributed by atoms with Crippen LogP contribution in [0.1, 0.15) is 43.0 Å². The SMILES string of the molecule is Cc1ccc(C[C@H](N=C(c2ccccc2)c2ccccc2)C(=O)OC(C)(C)C)cc1. The molecule has 0 unspecified atom stereocenters. The summed E-state index contributed by atoms with van der Waals surface area (Å²) in [6, 6.07) is 27.5. The second kappa shape index (κ2) is 9.53. The van der Waals surface area contributed by atoms with E-state index < -0.39 is 11.6 Å². The van der Waals surface area contributed by atoms with Crippen LogP contribution in [0.25, 0.3) is 0 Å². The van der Waals surface area contributed by atoms with E-state index in [0.29, 0.717) is 6.42 Å². The van der Waals surface area contributed by atoms with Crippen LogP contribution in [0.15, 0.2) is 89.9 Å². The van der Waals surface area contributed by atoms with Crippen LogP contribution in [0, 0.1) is 6.92 Å². The van der Waals surface area contributed by atoms with Gasteiger partial charge in [0.05, 0.1) is 5.71 Å². The van der Waals surface area contributed by atoms with Crippen LogP contribution in [0.3, 0.4) is 0 Å². The topological polar surface area (TPSA) is 38.7 Å². The van der Waals surface area contributed by atoms with Crippen molar-refractivity contribution in [1.29, 1.82) is 0 Å². The first-order valence-electron chi connectivity index (χ1n) is 10.3. The molecule has 0 saturated carbocycles. The van der Waals surface area contributed by atoms with Gasteiger partial charge in [-0.15, -0.1) is 0 Å². The number of nitrogens with zero attached hydrogens (tertiary/aromatic N) is 1. The van der Waals surface area contributed by atoms with Crippen LogP contribution in [0.5, 0.6) is 0 Å². The van der Waals surface area contributed by atoms with Crippen LogP contribution in [-0.4, -0.2) is 23.3 Å². The van der Waals surface area contributed by atoms with Gasteiger partial charge < -0.3 is 4.74 Å². The molecule has 0 saturated heterocycles. The smallest absolute Gasteiger partial charge is 0.331 e. The van der Waals surface area contributed by atoms with Gasteiger partial charge in [0.2, 0.25) is 0 Å². The van der Waals surface area contributed by atoms with Crippen LogP contribution in [0.2, 0.25) is 0 Å². The third-order valence-corrected chi connectivity index (χ3v) is 4.61. The average Bonchev–Trinajstić information content (AvgIpc) is 2.72. The van der Waals surface area contributed by atoms with E-state index in [9.17, 15) is 4.79 Å². The summed E-state index contributed by atoms with van der Waals surface area (Å²) in [5.41, 5.74) is 4.41. The zero-order valence-corrected chi connectivity index (χ0v) is 18.1. The Balaban J connectivity index is 2.05. The van der Waals surface area contributed by atoms with Crippen molar-refractivity contribution in [3.8, 4) is 0 Å². The molecule has 3 rings (SSSR count). The maximum absolute atomic E-state index is 13.1. The second-order valence-electron chi connectivity index (χ2n) is 8.45. The molecule has 154 valence electrons. The average molecular weight is 400 g/mol. The van der Waals surface area contributed by atoms with Gasteiger partial charge in [-0.25, -0.2) is 4.79 Å². The van der Waals surface area contributed by atoms with Gasteiger partial charge >= 0.3 is 5.97 Å². The van der Waals surface area contributed by atoms with E-state index in [4.69, 9.17) is 9.73 Å². The molecule has 0 aliphatic heterocycles. The zero-order chi connectivity index (χ0) is 21.6. The van der Waals surface area contributed by atoms with Crippen LogP contribution in [0.4, 0.5) is 0 Å². The standard InChI is InChI=1S/C27H29NO2/c1-20-15-17-21(18-16-20)19-24(26(29)30-27(2,3)4)28-25(22-11-7-5-8-12-22)23-13-9-6-10-14-23/h5-18,24H,19H2,1-4H3/t24-/m0/s1. The van der Waals surface area contributed by atoms with Gasteiger partial charge in [0.25, 0.3) is 0 Å². The highest BCUT2D eigenvalue weighted by molar-refractivity contribution is 6.13. The zero-order valence-electron chi connectivity index (χ0n) is 18.1. The Kier molecular flexibility index (Phi) is 6.83. The van der Waals surface area contributed by atoms with Crippen LogP contribution < -0.4 is 0 Å². The number of aryl methyl sites for hydroxylation is 1. The lowest BCUT2D eigenvalue weighted by Gasteiger charge is -2.23. The molecular weight excluding hydrogens is 370 g/mol. The minimum Gasteiger partial charge on any atom is -0.458 e. The van der Waals surface area contributed by atoms with Gasteiger partial charge in [-0.2, -0.15) is 0 Å². The van der Waals surface area contributed by atoms with Gasteiger partial charge in [-0.05, 0) is 33.3 Å².